The Hall–Kier alpha value is 1.66. The maximum Gasteiger partial charge on any atom is 0 e. The van der Waals surface area contributed by atoms with Crippen LogP contribution < -0.4 is 0 Å². The minimum atomic E-state index is 0. The molecule has 0 fully saturated rings. The van der Waals surface area contributed by atoms with Crippen LogP contribution in [0, 0.1) is 66.3 Å². The zero-order chi connectivity index (χ0) is 5.98. The van der Waals surface area contributed by atoms with E-state index in [9.17, 15) is 0 Å². The molecule has 0 spiro atoms. The smallest absolute Gasteiger partial charge is 0 e. The average Bonchev–Trinajstić information content (AvgIpc) is 1.64. The molecule has 0 bridgehead atoms. The molecule has 0 atom stereocenters. The molecule has 0 saturated heterocycles. The molecule has 0 nitrogen and oxygen atoms in total. The minimum Gasteiger partial charge on any atom is -0.358 e. The summed E-state index contributed by atoms with van der Waals surface area (Å²) >= 11 is 0. The predicted molar refractivity (Wildman–Crippen MR) is 42.1 cm³/mol. The molecule has 11 heavy (non-hydrogen) atoms. The first-order valence-corrected chi connectivity index (χ1v) is 2.67. The predicted octanol–water partition coefficient (Wildman–Crippen LogP) is 2.63. The minimum absolute atomic E-state index is 0. The summed E-state index contributed by atoms with van der Waals surface area (Å²) < 4.78 is 0. The SMILES string of the molecule is [CH2-]c1cccc(C)c1.[CH3-].[Ra].[Y]. The first-order valence-electron chi connectivity index (χ1n) is 2.67. The number of aryl methyl sites for hydroxylation is 1. The summed E-state index contributed by atoms with van der Waals surface area (Å²) in [4.78, 5) is 0. The van der Waals surface area contributed by atoms with Gasteiger partial charge in [0.15, 0.2) is 0 Å². The number of hydrogen-bond acceptors (Lipinski definition) is 0. The van der Waals surface area contributed by atoms with Crippen LogP contribution in [0.3, 0.4) is 0 Å². The molecule has 55 valence electrons. The van der Waals surface area contributed by atoms with Crippen molar-refractivity contribution in [1.82, 2.24) is 0 Å². The zero-order valence-corrected chi connectivity index (χ0v) is 16.0. The van der Waals surface area contributed by atoms with Gasteiger partial charge in [0.1, 0.15) is 0 Å². The van der Waals surface area contributed by atoms with Crippen LogP contribution in [0.4, 0.5) is 0 Å². The van der Waals surface area contributed by atoms with E-state index in [1.165, 1.54) is 5.56 Å². The Kier molecular flexibility index (Phi) is 16.3. The van der Waals surface area contributed by atoms with E-state index >= 15 is 0 Å². The quantitative estimate of drug-likeness (QED) is 0.550. The molecule has 0 saturated carbocycles. The fourth-order valence-corrected chi connectivity index (χ4v) is 0.712. The molecule has 0 aliphatic heterocycles. The van der Waals surface area contributed by atoms with Gasteiger partial charge in [0.2, 0.25) is 0 Å². The molecule has 0 N–H and O–H groups in total. The van der Waals surface area contributed by atoms with Crippen LogP contribution in [0.1, 0.15) is 11.1 Å². The van der Waals surface area contributed by atoms with E-state index in [4.69, 9.17) is 0 Å². The van der Waals surface area contributed by atoms with Gasteiger partial charge in [-0.15, -0.1) is 11.6 Å². The van der Waals surface area contributed by atoms with Crippen molar-refractivity contribution in [2.75, 3.05) is 0 Å². The van der Waals surface area contributed by atoms with Crippen molar-refractivity contribution in [3.8, 4) is 0 Å². The molecular weight excluding hydrogens is 423 g/mol. The molecule has 1 aromatic carbocycles. The number of hydrogen-bond donors (Lipinski definition) is 0. The Labute approximate surface area is 132 Å². The topological polar surface area (TPSA) is 0 Å². The summed E-state index contributed by atoms with van der Waals surface area (Å²) in [5.74, 6) is 0. The van der Waals surface area contributed by atoms with E-state index in [0.29, 0.717) is 0 Å². The van der Waals surface area contributed by atoms with Crippen molar-refractivity contribution in [1.29, 1.82) is 0 Å². The van der Waals surface area contributed by atoms with Crippen LogP contribution >= 0.6 is 0 Å². The van der Waals surface area contributed by atoms with Crippen LogP contribution in [0.2, 0.25) is 0 Å². The van der Waals surface area contributed by atoms with Crippen molar-refractivity contribution < 1.29 is 77.7 Å². The third-order valence-corrected chi connectivity index (χ3v) is 1.08. The largest absolute Gasteiger partial charge is 0.358 e. The second kappa shape index (κ2) is 9.75. The molecule has 0 amide bonds. The Morgan fingerprint density at radius 3 is 2.09 bits per heavy atom. The summed E-state index contributed by atoms with van der Waals surface area (Å²) in [6, 6.07) is 8.12. The van der Waals surface area contributed by atoms with Crippen molar-refractivity contribution >= 4 is 0 Å². The van der Waals surface area contributed by atoms with Gasteiger partial charge in [0.05, 0.1) is 0 Å². The first kappa shape index (κ1) is 18.4. The normalized spacial score (nSPS) is 6.64. The Bertz CT molecular complexity index is 169. The second-order valence-electron chi connectivity index (χ2n) is 1.99. The van der Waals surface area contributed by atoms with Gasteiger partial charge in [-0.2, -0.15) is 24.6 Å². The fourth-order valence-electron chi connectivity index (χ4n) is 0.712. The second-order valence-corrected chi connectivity index (χ2v) is 1.99. The molecule has 3 radical (unpaired) electrons. The van der Waals surface area contributed by atoms with E-state index in [-0.39, 0.29) is 85.1 Å². The van der Waals surface area contributed by atoms with Crippen molar-refractivity contribution in [3.63, 3.8) is 0 Å². The first-order chi connectivity index (χ1) is 3.79. The molecule has 1 rings (SSSR count). The Balaban J connectivity index is -0.000000213. The Morgan fingerprint density at radius 1 is 1.27 bits per heavy atom. The maximum atomic E-state index is 3.78. The van der Waals surface area contributed by atoms with Gasteiger partial charge < -0.3 is 7.43 Å². The standard InChI is InChI=1S/C8H9.CH3.Ra.Y/c1-7-4-3-5-8(2)6-7;;;/h3-6H,1H2,2H3;1H3;;/q2*-1;;. The van der Waals surface area contributed by atoms with E-state index in [2.05, 4.69) is 26.0 Å². The van der Waals surface area contributed by atoms with Gasteiger partial charge in [0.25, 0.3) is 0 Å². The number of benzene rings is 1. The van der Waals surface area contributed by atoms with Crippen LogP contribution in [0.25, 0.3) is 0 Å². The third kappa shape index (κ3) is 8.00. The maximum absolute atomic E-state index is 3.78. The van der Waals surface area contributed by atoms with Crippen molar-refractivity contribution in [2.24, 2.45) is 0 Å². The number of rotatable bonds is 0. The van der Waals surface area contributed by atoms with E-state index in [1.54, 1.807) is 0 Å². The van der Waals surface area contributed by atoms with Gasteiger partial charge in [-0.25, -0.2) is 0 Å². The van der Waals surface area contributed by atoms with Gasteiger partial charge in [-0.05, 0) is 0 Å². The molecule has 0 aromatic heterocycles. The third-order valence-electron chi connectivity index (χ3n) is 1.08. The summed E-state index contributed by atoms with van der Waals surface area (Å²) in [6.07, 6.45) is 0. The van der Waals surface area contributed by atoms with E-state index in [0.717, 1.165) is 5.56 Å². The van der Waals surface area contributed by atoms with E-state index < -0.39 is 0 Å². The summed E-state index contributed by atoms with van der Waals surface area (Å²) in [5.41, 5.74) is 2.36. The van der Waals surface area contributed by atoms with Gasteiger partial charge >= 0.3 is 0 Å². The molecule has 1 aromatic rings. The molecule has 0 aliphatic carbocycles. The summed E-state index contributed by atoms with van der Waals surface area (Å²) in [7, 11) is 0. The van der Waals surface area contributed by atoms with Crippen LogP contribution in [0.15, 0.2) is 24.3 Å². The zero-order valence-electron chi connectivity index (χ0n) is 7.30. The van der Waals surface area contributed by atoms with Gasteiger partial charge in [-0.3, -0.25) is 0 Å². The molecule has 0 unspecified atom stereocenters. The molecule has 2 heteroatoms. The van der Waals surface area contributed by atoms with Gasteiger partial charge in [0, 0.05) is 77.7 Å². The summed E-state index contributed by atoms with van der Waals surface area (Å²) in [6.45, 7) is 5.85. The Morgan fingerprint density at radius 2 is 1.82 bits per heavy atom. The fraction of sp³-hybridized carbons (Fsp3) is 0.111. The summed E-state index contributed by atoms with van der Waals surface area (Å²) in [5, 5.41) is 0. The average molecular weight is 435 g/mol. The molecule has 0 heterocycles. The van der Waals surface area contributed by atoms with Crippen LogP contribution in [-0.2, 0) is 32.7 Å². The van der Waals surface area contributed by atoms with Crippen molar-refractivity contribution in [2.45, 2.75) is 6.92 Å². The molecular formula is C9H12RaY-2. The van der Waals surface area contributed by atoms with Crippen molar-refractivity contribution in [3.05, 3.63) is 49.7 Å². The van der Waals surface area contributed by atoms with Crippen LogP contribution in [-0.4, -0.2) is 0 Å². The monoisotopic (exact) mass is 435 g/mol. The van der Waals surface area contributed by atoms with Crippen LogP contribution in [0.5, 0.6) is 0 Å². The van der Waals surface area contributed by atoms with Gasteiger partial charge in [-0.1, -0.05) is 13.0 Å². The van der Waals surface area contributed by atoms with E-state index in [1.807, 2.05) is 12.1 Å². The molecule has 0 aliphatic rings.